The van der Waals surface area contributed by atoms with Crippen LogP contribution in [0.25, 0.3) is 21.5 Å². The van der Waals surface area contributed by atoms with Crippen molar-refractivity contribution in [2.75, 3.05) is 0 Å². The van der Waals surface area contributed by atoms with Crippen LogP contribution >= 0.6 is 50.5 Å². The van der Waals surface area contributed by atoms with Gasteiger partial charge in [0.1, 0.15) is 22.1 Å². The third kappa shape index (κ3) is 4.73. The predicted molar refractivity (Wildman–Crippen MR) is 156 cm³/mol. The van der Waals surface area contributed by atoms with Crippen molar-refractivity contribution in [1.82, 2.24) is 10.1 Å². The van der Waals surface area contributed by atoms with Crippen LogP contribution in [-0.4, -0.2) is 21.4 Å². The van der Waals surface area contributed by atoms with Gasteiger partial charge >= 0.3 is 0 Å². The van der Waals surface area contributed by atoms with E-state index in [1.165, 1.54) is 0 Å². The molecule has 0 aliphatic heterocycles. The maximum atomic E-state index is 12.1. The molecule has 2 aliphatic rings. The summed E-state index contributed by atoms with van der Waals surface area (Å²) >= 11 is 18.2. The van der Waals surface area contributed by atoms with Gasteiger partial charge in [-0.1, -0.05) is 70.6 Å². The molecule has 0 bridgehead atoms. The maximum absolute atomic E-state index is 12.1. The first-order valence-electron chi connectivity index (χ1n) is 13.1. The fourth-order valence-electron chi connectivity index (χ4n) is 5.89. The molecule has 0 spiro atoms. The molecular weight excluding hydrogens is 607 g/mol. The van der Waals surface area contributed by atoms with E-state index in [0.29, 0.717) is 33.8 Å². The van der Waals surface area contributed by atoms with Crippen molar-refractivity contribution in [3.8, 4) is 11.3 Å². The first-order valence-corrected chi connectivity index (χ1v) is 15.5. The third-order valence-electron chi connectivity index (χ3n) is 8.15. The summed E-state index contributed by atoms with van der Waals surface area (Å²) in [5, 5.41) is 18.4. The van der Waals surface area contributed by atoms with E-state index in [1.807, 2.05) is 30.3 Å². The highest BCUT2D eigenvalue weighted by atomic mass is 79.9. The number of rotatable bonds is 7. The van der Waals surface area contributed by atoms with Gasteiger partial charge in [0, 0.05) is 21.5 Å². The van der Waals surface area contributed by atoms with E-state index < -0.39 is 5.60 Å². The van der Waals surface area contributed by atoms with Crippen LogP contribution in [0.3, 0.4) is 0 Å². The molecule has 0 amide bonds. The van der Waals surface area contributed by atoms with Crippen LogP contribution in [-0.2, 0) is 16.9 Å². The predicted octanol–water partition coefficient (Wildman–Crippen LogP) is 9.13. The summed E-state index contributed by atoms with van der Waals surface area (Å²) in [6, 6.07) is 11.5. The van der Waals surface area contributed by atoms with Gasteiger partial charge in [0.25, 0.3) is 0 Å². The van der Waals surface area contributed by atoms with E-state index >= 15 is 0 Å². The standard InChI is InChI=1S/C29H29BrCl2N2O3S/c1-3-17-12-19(11-15(2)29(17,35)28-33-23-10-9-18(30)13-24(23)38-28)36-14-20-26(34-37-27(20)16-7-8-16)25-21(31)5-4-6-22(25)32/h4-6,9-10,13,15-17,19,35H,3,7-8,11-12,14H2,1-2H3/t15-,17-,19+,29+/m0/s1. The maximum Gasteiger partial charge on any atom is 0.145 e. The molecule has 0 unspecified atom stereocenters. The second kappa shape index (κ2) is 10.5. The summed E-state index contributed by atoms with van der Waals surface area (Å²) in [7, 11) is 0. The summed E-state index contributed by atoms with van der Waals surface area (Å²) in [4.78, 5) is 4.87. The topological polar surface area (TPSA) is 68.4 Å². The number of fused-ring (bicyclic) bond motifs is 1. The van der Waals surface area contributed by atoms with Crippen LogP contribution in [0.2, 0.25) is 10.0 Å². The summed E-state index contributed by atoms with van der Waals surface area (Å²) in [5.74, 6) is 1.26. The number of aromatic nitrogens is 2. The Bertz CT molecular complexity index is 1470. The fraction of sp³-hybridized carbons (Fsp3) is 0.448. The highest BCUT2D eigenvalue weighted by Gasteiger charge is 2.50. The van der Waals surface area contributed by atoms with Gasteiger partial charge in [-0.25, -0.2) is 4.98 Å². The smallest absolute Gasteiger partial charge is 0.145 e. The molecule has 5 nitrogen and oxygen atoms in total. The molecule has 2 aromatic heterocycles. The average molecular weight is 636 g/mol. The summed E-state index contributed by atoms with van der Waals surface area (Å²) in [6.45, 7) is 4.62. The molecule has 2 saturated carbocycles. The van der Waals surface area contributed by atoms with Crippen molar-refractivity contribution >= 4 is 60.7 Å². The van der Waals surface area contributed by atoms with E-state index in [-0.39, 0.29) is 17.9 Å². The monoisotopic (exact) mass is 634 g/mol. The van der Waals surface area contributed by atoms with Crippen molar-refractivity contribution in [2.24, 2.45) is 11.8 Å². The molecule has 0 radical (unpaired) electrons. The van der Waals surface area contributed by atoms with E-state index in [0.717, 1.165) is 63.1 Å². The zero-order chi connectivity index (χ0) is 26.6. The van der Waals surface area contributed by atoms with Crippen molar-refractivity contribution < 1.29 is 14.4 Å². The Balaban J connectivity index is 1.25. The van der Waals surface area contributed by atoms with Crippen molar-refractivity contribution in [2.45, 2.75) is 70.2 Å². The van der Waals surface area contributed by atoms with Gasteiger partial charge in [-0.3, -0.25) is 0 Å². The molecule has 4 aromatic rings. The molecule has 2 fully saturated rings. The first kappa shape index (κ1) is 26.7. The van der Waals surface area contributed by atoms with Crippen molar-refractivity contribution in [3.05, 3.63) is 67.2 Å². The quantitative estimate of drug-likeness (QED) is 0.219. The summed E-state index contributed by atoms with van der Waals surface area (Å²) in [5.41, 5.74) is 2.21. The van der Waals surface area contributed by atoms with Crippen LogP contribution in [0.1, 0.15) is 68.2 Å². The van der Waals surface area contributed by atoms with Gasteiger partial charge in [-0.05, 0) is 67.9 Å². The Hall–Kier alpha value is -1.48. The van der Waals surface area contributed by atoms with Crippen LogP contribution in [0.5, 0.6) is 0 Å². The molecule has 4 atom stereocenters. The second-order valence-electron chi connectivity index (χ2n) is 10.6. The van der Waals surface area contributed by atoms with Gasteiger partial charge in [0.15, 0.2) is 0 Å². The Kier molecular flexibility index (Phi) is 7.38. The number of ether oxygens (including phenoxy) is 1. The van der Waals surface area contributed by atoms with Gasteiger partial charge in [-0.15, -0.1) is 11.3 Å². The van der Waals surface area contributed by atoms with E-state index in [4.69, 9.17) is 37.4 Å². The highest BCUT2D eigenvalue weighted by molar-refractivity contribution is 9.10. The minimum Gasteiger partial charge on any atom is -0.382 e. The van der Waals surface area contributed by atoms with Crippen LogP contribution in [0.4, 0.5) is 0 Å². The minimum atomic E-state index is -0.989. The average Bonchev–Trinajstić information content (AvgIpc) is 3.51. The molecule has 200 valence electrons. The molecule has 38 heavy (non-hydrogen) atoms. The number of aliphatic hydroxyl groups is 1. The number of hydrogen-bond donors (Lipinski definition) is 1. The van der Waals surface area contributed by atoms with E-state index in [1.54, 1.807) is 11.3 Å². The number of benzene rings is 2. The molecule has 1 N–H and O–H groups in total. The van der Waals surface area contributed by atoms with Crippen LogP contribution in [0, 0.1) is 11.8 Å². The van der Waals surface area contributed by atoms with Crippen molar-refractivity contribution in [1.29, 1.82) is 0 Å². The Morgan fingerprint density at radius 2 is 1.95 bits per heavy atom. The van der Waals surface area contributed by atoms with Crippen LogP contribution < -0.4 is 0 Å². The van der Waals surface area contributed by atoms with E-state index in [9.17, 15) is 5.11 Å². The highest BCUT2D eigenvalue weighted by Crippen LogP contribution is 2.50. The number of halogens is 3. The lowest BCUT2D eigenvalue weighted by molar-refractivity contribution is -0.141. The minimum absolute atomic E-state index is 0.00438. The molecule has 6 rings (SSSR count). The lowest BCUT2D eigenvalue weighted by atomic mass is 9.67. The zero-order valence-corrected chi connectivity index (χ0v) is 25.1. The molecule has 9 heteroatoms. The van der Waals surface area contributed by atoms with Gasteiger partial charge in [0.2, 0.25) is 0 Å². The lowest BCUT2D eigenvalue weighted by Crippen LogP contribution is -2.48. The first-order chi connectivity index (χ1) is 18.3. The Labute approximate surface area is 244 Å². The zero-order valence-electron chi connectivity index (χ0n) is 21.2. The number of nitrogens with zero attached hydrogens (tertiary/aromatic N) is 2. The lowest BCUT2D eigenvalue weighted by Gasteiger charge is -2.46. The summed E-state index contributed by atoms with van der Waals surface area (Å²) < 4.78 is 14.5. The van der Waals surface area contributed by atoms with Gasteiger partial charge < -0.3 is 14.4 Å². The van der Waals surface area contributed by atoms with Crippen molar-refractivity contribution in [3.63, 3.8) is 0 Å². The Morgan fingerprint density at radius 1 is 1.18 bits per heavy atom. The van der Waals surface area contributed by atoms with Crippen LogP contribution in [0.15, 0.2) is 45.4 Å². The molecule has 2 aromatic carbocycles. The molecular formula is C29H29BrCl2N2O3S. The third-order valence-corrected chi connectivity index (χ3v) is 10.4. The number of thiazole rings is 1. The summed E-state index contributed by atoms with van der Waals surface area (Å²) in [6.07, 6.45) is 4.49. The second-order valence-corrected chi connectivity index (χ2v) is 13.4. The SMILES string of the molecule is CC[C@H]1C[C@H](OCc2c(-c3c(Cl)cccc3Cl)noc2C2CC2)C[C@H](C)[C@]1(O)c1nc2ccc(Br)cc2s1. The Morgan fingerprint density at radius 3 is 2.66 bits per heavy atom. The van der Waals surface area contributed by atoms with E-state index in [2.05, 4.69) is 41.0 Å². The largest absolute Gasteiger partial charge is 0.382 e. The molecule has 2 aliphatic carbocycles. The number of hydrogen-bond acceptors (Lipinski definition) is 6. The van der Waals surface area contributed by atoms with Gasteiger partial charge in [0.05, 0.1) is 33.0 Å². The van der Waals surface area contributed by atoms with Gasteiger partial charge in [-0.2, -0.15) is 0 Å². The molecule has 0 saturated heterocycles. The normalized spacial score (nSPS) is 25.8. The molecule has 2 heterocycles. The fourth-order valence-corrected chi connectivity index (χ4v) is 8.26.